The number of hydrogen-bond acceptors (Lipinski definition) is 8. The van der Waals surface area contributed by atoms with Gasteiger partial charge in [-0.2, -0.15) is 9.57 Å². The number of rotatable bonds is 6. The number of nitrogens with one attached hydrogen (secondary N) is 1. The smallest absolute Gasteiger partial charge is 0.406 e. The number of nitriles is 1. The van der Waals surface area contributed by atoms with Crippen LogP contribution in [0.1, 0.15) is 16.7 Å². The fourth-order valence-electron chi connectivity index (χ4n) is 4.00. The van der Waals surface area contributed by atoms with E-state index in [4.69, 9.17) is 9.47 Å². The van der Waals surface area contributed by atoms with Crippen LogP contribution in [0.15, 0.2) is 65.7 Å². The number of benzene rings is 2. The van der Waals surface area contributed by atoms with Crippen LogP contribution in [-0.2, 0) is 20.4 Å². The van der Waals surface area contributed by atoms with Crippen LogP contribution >= 0.6 is 0 Å². The summed E-state index contributed by atoms with van der Waals surface area (Å²) in [5.74, 6) is -0.837. The molecule has 12 heteroatoms. The summed E-state index contributed by atoms with van der Waals surface area (Å²) in [6.07, 6.45) is -0.240. The lowest BCUT2D eigenvalue weighted by Crippen LogP contribution is -2.54. The number of sulfonamides is 1. The fourth-order valence-corrected chi connectivity index (χ4v) is 5.46. The lowest BCUT2D eigenvalue weighted by Gasteiger charge is -2.29. The Morgan fingerprint density at radius 2 is 1.83 bits per heavy atom. The third-order valence-electron chi connectivity index (χ3n) is 5.51. The second-order valence-electron chi connectivity index (χ2n) is 7.33. The molecule has 0 radical (unpaired) electrons. The van der Waals surface area contributed by atoms with E-state index in [-0.39, 0.29) is 33.2 Å². The number of carbonyl (C=O) groups is 2. The highest BCUT2D eigenvalue weighted by molar-refractivity contribution is 7.93. The van der Waals surface area contributed by atoms with Crippen molar-refractivity contribution < 1.29 is 32.6 Å². The monoisotopic (exact) mass is 494 g/mol. The Hall–Kier alpha value is -4.63. The van der Waals surface area contributed by atoms with E-state index in [1.165, 1.54) is 75.0 Å². The molecular weight excluding hydrogens is 476 g/mol. The molecule has 4 rings (SSSR count). The van der Waals surface area contributed by atoms with Gasteiger partial charge in [0.2, 0.25) is 5.88 Å². The van der Waals surface area contributed by atoms with E-state index in [0.717, 1.165) is 0 Å². The maximum absolute atomic E-state index is 14.1. The summed E-state index contributed by atoms with van der Waals surface area (Å²) in [5, 5.41) is 21.4. The molecule has 2 N–H and O–H groups in total. The molecule has 11 nitrogen and oxygen atoms in total. The van der Waals surface area contributed by atoms with Gasteiger partial charge in [0.1, 0.15) is 5.75 Å². The second kappa shape index (κ2) is 8.62. The number of amides is 2. The van der Waals surface area contributed by atoms with Crippen molar-refractivity contribution in [2.45, 2.75) is 10.4 Å². The van der Waals surface area contributed by atoms with Crippen molar-refractivity contribution in [2.75, 3.05) is 18.5 Å². The molecule has 178 valence electrons. The van der Waals surface area contributed by atoms with Gasteiger partial charge in [0.25, 0.3) is 15.9 Å². The Morgan fingerprint density at radius 3 is 2.43 bits per heavy atom. The van der Waals surface area contributed by atoms with E-state index in [2.05, 4.69) is 10.3 Å². The highest BCUT2D eigenvalue weighted by Crippen LogP contribution is 2.49. The second-order valence-corrected chi connectivity index (χ2v) is 9.12. The Morgan fingerprint density at radius 1 is 1.11 bits per heavy atom. The normalized spacial score (nSPS) is 16.8. The van der Waals surface area contributed by atoms with Gasteiger partial charge in [0.05, 0.1) is 42.0 Å². The minimum atomic E-state index is -4.53. The number of fused-ring (bicyclic) bond motifs is 1. The molecule has 1 aliphatic heterocycles. The van der Waals surface area contributed by atoms with Crippen LogP contribution in [0, 0.1) is 11.3 Å². The predicted molar refractivity (Wildman–Crippen MR) is 122 cm³/mol. The highest BCUT2D eigenvalue weighted by atomic mass is 32.2. The van der Waals surface area contributed by atoms with Gasteiger partial charge in [-0.15, -0.1) is 0 Å². The highest BCUT2D eigenvalue weighted by Gasteiger charge is 2.58. The molecule has 35 heavy (non-hydrogen) atoms. The van der Waals surface area contributed by atoms with E-state index in [0.29, 0.717) is 10.1 Å². The van der Waals surface area contributed by atoms with E-state index in [1.54, 1.807) is 0 Å². The standard InChI is InChI=1S/C23H18N4O7S/c1-33-15-6-8-16(9-7-15)35(31,32)27-19-10-5-14(13-24)12-18(19)23(21(27)28,26-22(29)30)17-4-3-11-25-20(17)34-2/h3-12,26H,1-2H3,(H,29,30). The first-order chi connectivity index (χ1) is 16.7. The number of pyridine rings is 1. The zero-order valence-electron chi connectivity index (χ0n) is 18.4. The van der Waals surface area contributed by atoms with Gasteiger partial charge in [-0.3, -0.25) is 10.1 Å². The Bertz CT molecular complexity index is 1480. The molecule has 0 saturated carbocycles. The molecule has 2 amide bonds. The summed E-state index contributed by atoms with van der Waals surface area (Å²) in [5.41, 5.74) is -2.41. The van der Waals surface area contributed by atoms with E-state index in [1.807, 2.05) is 6.07 Å². The SMILES string of the molecule is COc1ccc(S(=O)(=O)N2C(=O)C(NC(=O)O)(c3cccnc3OC)c3cc(C#N)ccc32)cc1. The molecular formula is C23H18N4O7S. The molecule has 2 aromatic carbocycles. The van der Waals surface area contributed by atoms with Crippen LogP contribution in [0.5, 0.6) is 11.6 Å². The molecule has 3 aromatic rings. The predicted octanol–water partition coefficient (Wildman–Crippen LogP) is 2.22. The zero-order chi connectivity index (χ0) is 25.4. The summed E-state index contributed by atoms with van der Waals surface area (Å²) in [6, 6.07) is 14.0. The van der Waals surface area contributed by atoms with E-state index >= 15 is 0 Å². The summed E-state index contributed by atoms with van der Waals surface area (Å²) in [6.45, 7) is 0. The quantitative estimate of drug-likeness (QED) is 0.524. The number of carbonyl (C=O) groups excluding carboxylic acids is 1. The number of methoxy groups -OCH3 is 2. The van der Waals surface area contributed by atoms with Crippen LogP contribution in [0.25, 0.3) is 0 Å². The molecule has 1 aromatic heterocycles. The average molecular weight is 494 g/mol. The molecule has 0 spiro atoms. The Balaban J connectivity index is 2.05. The maximum Gasteiger partial charge on any atom is 0.406 e. The van der Waals surface area contributed by atoms with Gasteiger partial charge < -0.3 is 14.6 Å². The van der Waals surface area contributed by atoms with Gasteiger partial charge in [-0.25, -0.2) is 18.2 Å². The summed E-state index contributed by atoms with van der Waals surface area (Å²) in [4.78, 5) is 29.9. The summed E-state index contributed by atoms with van der Waals surface area (Å²) >= 11 is 0. The lowest BCUT2D eigenvalue weighted by molar-refractivity contribution is -0.121. The number of anilines is 1. The maximum atomic E-state index is 14.1. The van der Waals surface area contributed by atoms with E-state index < -0.39 is 27.6 Å². The van der Waals surface area contributed by atoms with Gasteiger partial charge in [0.15, 0.2) is 5.54 Å². The minimum absolute atomic E-state index is 0.0429. The van der Waals surface area contributed by atoms with Crippen LogP contribution in [-0.4, -0.2) is 44.7 Å². The van der Waals surface area contributed by atoms with Gasteiger partial charge in [-0.1, -0.05) is 0 Å². The van der Waals surface area contributed by atoms with Crippen LogP contribution in [0.3, 0.4) is 0 Å². The van der Waals surface area contributed by atoms with Crippen molar-refractivity contribution in [3.05, 3.63) is 77.5 Å². The number of aromatic nitrogens is 1. The minimum Gasteiger partial charge on any atom is -0.497 e. The van der Waals surface area contributed by atoms with E-state index in [9.17, 15) is 28.4 Å². The Kier molecular flexibility index (Phi) is 5.79. The molecule has 0 aliphatic carbocycles. The molecule has 2 heterocycles. The average Bonchev–Trinajstić information content (AvgIpc) is 3.11. The number of hydrogen-bond donors (Lipinski definition) is 2. The van der Waals surface area contributed by atoms with Crippen molar-refractivity contribution in [1.82, 2.24) is 10.3 Å². The van der Waals surface area contributed by atoms with Crippen molar-refractivity contribution in [3.8, 4) is 17.7 Å². The molecule has 0 fully saturated rings. The first-order valence-corrected chi connectivity index (χ1v) is 11.4. The topological polar surface area (TPSA) is 159 Å². The lowest BCUT2D eigenvalue weighted by atomic mass is 9.83. The summed E-state index contributed by atoms with van der Waals surface area (Å²) < 4.78 is 38.3. The molecule has 1 atom stereocenters. The van der Waals surface area contributed by atoms with Crippen molar-refractivity contribution >= 4 is 27.7 Å². The van der Waals surface area contributed by atoms with Gasteiger partial charge >= 0.3 is 6.09 Å². The Labute approximate surface area is 200 Å². The number of nitrogens with zero attached hydrogens (tertiary/aromatic N) is 3. The number of carboxylic acid groups (broad SMARTS) is 1. The van der Waals surface area contributed by atoms with Crippen LogP contribution in [0.2, 0.25) is 0 Å². The first-order valence-electron chi connectivity index (χ1n) is 9.99. The van der Waals surface area contributed by atoms with Crippen LogP contribution in [0.4, 0.5) is 10.5 Å². The van der Waals surface area contributed by atoms with Crippen molar-refractivity contribution in [2.24, 2.45) is 0 Å². The van der Waals surface area contributed by atoms with Gasteiger partial charge in [-0.05, 0) is 54.6 Å². The number of ether oxygens (including phenoxy) is 2. The fraction of sp³-hybridized carbons (Fsp3) is 0.130. The molecule has 0 saturated heterocycles. The third kappa shape index (κ3) is 3.58. The third-order valence-corrected chi connectivity index (χ3v) is 7.23. The van der Waals surface area contributed by atoms with Crippen molar-refractivity contribution in [1.29, 1.82) is 5.26 Å². The van der Waals surface area contributed by atoms with Crippen LogP contribution < -0.4 is 19.1 Å². The zero-order valence-corrected chi connectivity index (χ0v) is 19.2. The largest absolute Gasteiger partial charge is 0.497 e. The molecule has 1 aliphatic rings. The van der Waals surface area contributed by atoms with Gasteiger partial charge in [0, 0.05) is 11.8 Å². The molecule has 0 bridgehead atoms. The molecule has 1 unspecified atom stereocenters. The first kappa shape index (κ1) is 23.5. The summed E-state index contributed by atoms with van der Waals surface area (Å²) in [7, 11) is -1.83. The van der Waals surface area contributed by atoms with Crippen molar-refractivity contribution in [3.63, 3.8) is 0 Å².